The van der Waals surface area contributed by atoms with Crippen molar-refractivity contribution in [3.05, 3.63) is 0 Å². The molecule has 0 aromatic rings. The van der Waals surface area contributed by atoms with Gasteiger partial charge in [0.15, 0.2) is 0 Å². The molecule has 0 aromatic heterocycles. The van der Waals surface area contributed by atoms with Crippen molar-refractivity contribution in [1.82, 2.24) is 4.90 Å². The lowest BCUT2D eigenvalue weighted by Crippen LogP contribution is -2.35. The fourth-order valence-electron chi connectivity index (χ4n) is 2.53. The first-order chi connectivity index (χ1) is 8.84. The van der Waals surface area contributed by atoms with Crippen LogP contribution in [-0.4, -0.2) is 37.6 Å². The predicted molar refractivity (Wildman–Crippen MR) is 74.6 cm³/mol. The highest BCUT2D eigenvalue weighted by Gasteiger charge is 2.15. The molecule has 0 aliphatic carbocycles. The lowest BCUT2D eigenvalue weighted by Gasteiger charge is -2.26. The number of likely N-dealkylation sites (tertiary alicyclic amines) is 1. The monoisotopic (exact) mass is 255 g/mol. The summed E-state index contributed by atoms with van der Waals surface area (Å²) in [5.41, 5.74) is 0. The molecule has 0 radical (unpaired) electrons. The summed E-state index contributed by atoms with van der Waals surface area (Å²) >= 11 is 0. The normalized spacial score (nSPS) is 15.9. The summed E-state index contributed by atoms with van der Waals surface area (Å²) in [6.45, 7) is 2.87. The van der Waals surface area contributed by atoms with E-state index in [1.54, 1.807) is 7.11 Å². The van der Waals surface area contributed by atoms with Gasteiger partial charge in [-0.1, -0.05) is 25.7 Å². The quantitative estimate of drug-likeness (QED) is 0.591. The van der Waals surface area contributed by atoms with Crippen molar-refractivity contribution in [3.8, 4) is 0 Å². The van der Waals surface area contributed by atoms with E-state index in [0.29, 0.717) is 5.91 Å². The maximum Gasteiger partial charge on any atom is 0.222 e. The second kappa shape index (κ2) is 10.4. The van der Waals surface area contributed by atoms with Crippen molar-refractivity contribution < 1.29 is 9.53 Å². The summed E-state index contributed by atoms with van der Waals surface area (Å²) in [5, 5.41) is 0. The molecular formula is C15H29NO2. The molecule has 0 unspecified atom stereocenters. The SMILES string of the molecule is COCCCCCCCCC(=O)N1CCCCC1. The number of hydrogen-bond donors (Lipinski definition) is 0. The first-order valence-corrected chi connectivity index (χ1v) is 7.61. The van der Waals surface area contributed by atoms with Crippen LogP contribution in [0.15, 0.2) is 0 Å². The van der Waals surface area contributed by atoms with Crippen molar-refractivity contribution >= 4 is 5.91 Å². The van der Waals surface area contributed by atoms with Crippen LogP contribution >= 0.6 is 0 Å². The number of nitrogens with zero attached hydrogens (tertiary/aromatic N) is 1. The summed E-state index contributed by atoms with van der Waals surface area (Å²) < 4.78 is 5.02. The molecule has 0 spiro atoms. The molecule has 0 aromatic carbocycles. The summed E-state index contributed by atoms with van der Waals surface area (Å²) in [6.07, 6.45) is 11.7. The van der Waals surface area contributed by atoms with Crippen molar-refractivity contribution in [2.24, 2.45) is 0 Å². The molecule has 1 saturated heterocycles. The summed E-state index contributed by atoms with van der Waals surface area (Å²) in [5.74, 6) is 0.383. The molecule has 1 aliphatic rings. The molecular weight excluding hydrogens is 226 g/mol. The maximum absolute atomic E-state index is 11.9. The second-order valence-corrected chi connectivity index (χ2v) is 5.31. The number of carbonyl (C=O) groups excluding carboxylic acids is 1. The van der Waals surface area contributed by atoms with Gasteiger partial charge in [-0.25, -0.2) is 0 Å². The Morgan fingerprint density at radius 3 is 2.22 bits per heavy atom. The van der Waals surface area contributed by atoms with Gasteiger partial charge in [0.2, 0.25) is 5.91 Å². The van der Waals surface area contributed by atoms with Gasteiger partial charge in [0.1, 0.15) is 0 Å². The molecule has 1 rings (SSSR count). The lowest BCUT2D eigenvalue weighted by atomic mass is 10.1. The van der Waals surface area contributed by atoms with Crippen LogP contribution in [0.5, 0.6) is 0 Å². The Morgan fingerprint density at radius 1 is 0.944 bits per heavy atom. The third-order valence-corrected chi connectivity index (χ3v) is 3.70. The molecule has 1 heterocycles. The highest BCUT2D eigenvalue weighted by molar-refractivity contribution is 5.76. The number of methoxy groups -OCH3 is 1. The molecule has 0 atom stereocenters. The molecule has 3 nitrogen and oxygen atoms in total. The Morgan fingerprint density at radius 2 is 1.56 bits per heavy atom. The highest BCUT2D eigenvalue weighted by atomic mass is 16.5. The van der Waals surface area contributed by atoms with E-state index >= 15 is 0 Å². The Hall–Kier alpha value is -0.570. The second-order valence-electron chi connectivity index (χ2n) is 5.31. The minimum Gasteiger partial charge on any atom is -0.385 e. The van der Waals surface area contributed by atoms with E-state index in [-0.39, 0.29) is 0 Å². The molecule has 1 aliphatic heterocycles. The molecule has 0 bridgehead atoms. The van der Waals surface area contributed by atoms with Crippen LogP contribution in [0.2, 0.25) is 0 Å². The minimum absolute atomic E-state index is 0.383. The van der Waals surface area contributed by atoms with E-state index in [2.05, 4.69) is 4.90 Å². The van der Waals surface area contributed by atoms with Gasteiger partial charge in [0, 0.05) is 33.2 Å². The summed E-state index contributed by atoms with van der Waals surface area (Å²) in [6, 6.07) is 0. The first kappa shape index (κ1) is 15.5. The molecule has 1 fully saturated rings. The van der Waals surface area contributed by atoms with Gasteiger partial charge in [-0.05, 0) is 32.1 Å². The van der Waals surface area contributed by atoms with Gasteiger partial charge >= 0.3 is 0 Å². The van der Waals surface area contributed by atoms with Gasteiger partial charge in [0.05, 0.1) is 0 Å². The minimum atomic E-state index is 0.383. The molecule has 1 amide bonds. The van der Waals surface area contributed by atoms with Crippen LogP contribution in [0.1, 0.15) is 64.2 Å². The molecule has 0 N–H and O–H groups in total. The van der Waals surface area contributed by atoms with Crippen molar-refractivity contribution in [1.29, 1.82) is 0 Å². The average Bonchev–Trinajstić information content (AvgIpc) is 2.42. The maximum atomic E-state index is 11.9. The van der Waals surface area contributed by atoms with Gasteiger partial charge in [-0.3, -0.25) is 4.79 Å². The van der Waals surface area contributed by atoms with Crippen LogP contribution in [0.25, 0.3) is 0 Å². The number of piperidine rings is 1. The zero-order chi connectivity index (χ0) is 13.1. The van der Waals surface area contributed by atoms with Crippen molar-refractivity contribution in [2.75, 3.05) is 26.8 Å². The highest BCUT2D eigenvalue weighted by Crippen LogP contribution is 2.12. The number of hydrogen-bond acceptors (Lipinski definition) is 2. The summed E-state index contributed by atoms with van der Waals surface area (Å²) in [4.78, 5) is 13.9. The fourth-order valence-corrected chi connectivity index (χ4v) is 2.53. The van der Waals surface area contributed by atoms with E-state index in [0.717, 1.165) is 32.5 Å². The van der Waals surface area contributed by atoms with E-state index in [1.165, 1.54) is 51.4 Å². The number of carbonyl (C=O) groups is 1. The lowest BCUT2D eigenvalue weighted by molar-refractivity contribution is -0.132. The summed E-state index contributed by atoms with van der Waals surface area (Å²) in [7, 11) is 1.76. The zero-order valence-electron chi connectivity index (χ0n) is 12.0. The van der Waals surface area contributed by atoms with Crippen LogP contribution in [0.3, 0.4) is 0 Å². The van der Waals surface area contributed by atoms with Crippen LogP contribution in [0.4, 0.5) is 0 Å². The average molecular weight is 255 g/mol. The van der Waals surface area contributed by atoms with Gasteiger partial charge in [-0.2, -0.15) is 0 Å². The standard InChI is InChI=1S/C15H29NO2/c1-18-14-10-5-3-2-4-7-11-15(17)16-12-8-6-9-13-16/h2-14H2,1H3. The van der Waals surface area contributed by atoms with E-state index in [9.17, 15) is 4.79 Å². The number of unbranched alkanes of at least 4 members (excludes halogenated alkanes) is 5. The van der Waals surface area contributed by atoms with Crippen molar-refractivity contribution in [3.63, 3.8) is 0 Å². The van der Waals surface area contributed by atoms with Crippen LogP contribution in [0, 0.1) is 0 Å². The first-order valence-electron chi connectivity index (χ1n) is 7.61. The van der Waals surface area contributed by atoms with Gasteiger partial charge in [-0.15, -0.1) is 0 Å². The Labute approximate surface area is 112 Å². The van der Waals surface area contributed by atoms with E-state index in [4.69, 9.17) is 4.74 Å². The Kier molecular flexibility index (Phi) is 8.92. The van der Waals surface area contributed by atoms with Gasteiger partial charge < -0.3 is 9.64 Å². The fraction of sp³-hybridized carbons (Fsp3) is 0.933. The number of rotatable bonds is 9. The smallest absolute Gasteiger partial charge is 0.222 e. The third-order valence-electron chi connectivity index (χ3n) is 3.70. The largest absolute Gasteiger partial charge is 0.385 e. The zero-order valence-corrected chi connectivity index (χ0v) is 12.0. The van der Waals surface area contributed by atoms with E-state index < -0.39 is 0 Å². The van der Waals surface area contributed by atoms with Crippen LogP contribution in [-0.2, 0) is 9.53 Å². The molecule has 0 saturated carbocycles. The number of ether oxygens (including phenoxy) is 1. The van der Waals surface area contributed by atoms with E-state index in [1.807, 2.05) is 0 Å². The number of amides is 1. The Balaban J connectivity index is 1.89. The van der Waals surface area contributed by atoms with Crippen LogP contribution < -0.4 is 0 Å². The van der Waals surface area contributed by atoms with Gasteiger partial charge in [0.25, 0.3) is 0 Å². The molecule has 18 heavy (non-hydrogen) atoms. The predicted octanol–water partition coefficient (Wildman–Crippen LogP) is 3.38. The third kappa shape index (κ3) is 7.00. The molecule has 106 valence electrons. The topological polar surface area (TPSA) is 29.5 Å². The molecule has 3 heteroatoms. The Bertz CT molecular complexity index is 213. The van der Waals surface area contributed by atoms with Crippen molar-refractivity contribution in [2.45, 2.75) is 64.2 Å².